The van der Waals surface area contributed by atoms with E-state index < -0.39 is 17.4 Å². The zero-order valence-electron chi connectivity index (χ0n) is 8.70. The molecule has 0 radical (unpaired) electrons. The smallest absolute Gasteiger partial charge is 0.332 e. The molecule has 0 saturated heterocycles. The summed E-state index contributed by atoms with van der Waals surface area (Å²) in [4.78, 5) is 22.0. The fraction of sp³-hybridized carbons (Fsp3) is 0.600. The van der Waals surface area contributed by atoms with E-state index in [0.717, 1.165) is 0 Å². The average molecular weight is 200 g/mol. The van der Waals surface area contributed by atoms with Crippen LogP contribution in [-0.2, 0) is 9.59 Å². The Kier molecular flexibility index (Phi) is 4.34. The first kappa shape index (κ1) is 12.7. The van der Waals surface area contributed by atoms with Gasteiger partial charge < -0.3 is 10.2 Å². The predicted molar refractivity (Wildman–Crippen MR) is 52.0 cm³/mol. The summed E-state index contributed by atoms with van der Waals surface area (Å²) in [5.74, 6) is -2.23. The van der Waals surface area contributed by atoms with E-state index in [9.17, 15) is 9.59 Å². The van der Waals surface area contributed by atoms with Crippen molar-refractivity contribution in [3.63, 3.8) is 0 Å². The van der Waals surface area contributed by atoms with Crippen molar-refractivity contribution < 1.29 is 19.8 Å². The van der Waals surface area contributed by atoms with Crippen LogP contribution in [-0.4, -0.2) is 22.2 Å². The summed E-state index contributed by atoms with van der Waals surface area (Å²) < 4.78 is 0. The summed E-state index contributed by atoms with van der Waals surface area (Å²) >= 11 is 0. The average Bonchev–Trinajstić information content (AvgIpc) is 2.12. The molecule has 0 aromatic rings. The molecular formula is C10H16O4. The zero-order valence-corrected chi connectivity index (χ0v) is 8.70. The highest BCUT2D eigenvalue weighted by Crippen LogP contribution is 2.35. The van der Waals surface area contributed by atoms with E-state index in [0.29, 0.717) is 0 Å². The van der Waals surface area contributed by atoms with Gasteiger partial charge in [-0.25, -0.2) is 4.79 Å². The molecule has 0 atom stereocenters. The first-order valence-electron chi connectivity index (χ1n) is 4.59. The van der Waals surface area contributed by atoms with Gasteiger partial charge in [0, 0.05) is 0 Å². The number of aliphatic carboxylic acids is 2. The maximum atomic E-state index is 11.1. The highest BCUT2D eigenvalue weighted by atomic mass is 16.4. The van der Waals surface area contributed by atoms with Crippen molar-refractivity contribution in [2.75, 3.05) is 0 Å². The van der Waals surface area contributed by atoms with E-state index in [2.05, 4.69) is 0 Å². The van der Waals surface area contributed by atoms with Gasteiger partial charge in [0.05, 0.1) is 11.0 Å². The molecule has 0 aromatic carbocycles. The summed E-state index contributed by atoms with van der Waals surface area (Å²) in [5.41, 5.74) is -1.28. The molecule has 80 valence electrons. The Morgan fingerprint density at radius 1 is 1.21 bits per heavy atom. The molecule has 0 aliphatic rings. The van der Waals surface area contributed by atoms with Crippen molar-refractivity contribution >= 4 is 11.9 Å². The maximum Gasteiger partial charge on any atom is 0.332 e. The molecule has 0 aliphatic carbocycles. The van der Waals surface area contributed by atoms with Gasteiger partial charge in [0.1, 0.15) is 0 Å². The summed E-state index contributed by atoms with van der Waals surface area (Å²) in [6.07, 6.45) is 1.93. The second-order valence-corrected chi connectivity index (χ2v) is 3.10. The first-order chi connectivity index (χ1) is 6.46. The van der Waals surface area contributed by atoms with Crippen LogP contribution in [0.1, 0.15) is 33.6 Å². The Labute approximate surface area is 83.2 Å². The highest BCUT2D eigenvalue weighted by Gasteiger charge is 2.41. The lowest BCUT2D eigenvalue weighted by Gasteiger charge is -2.27. The van der Waals surface area contributed by atoms with E-state index in [1.54, 1.807) is 20.8 Å². The third kappa shape index (κ3) is 1.95. The first-order valence-corrected chi connectivity index (χ1v) is 4.59. The molecule has 0 saturated carbocycles. The minimum atomic E-state index is -1.25. The number of hydrogen-bond donors (Lipinski definition) is 2. The van der Waals surface area contributed by atoms with Crippen LogP contribution in [0.5, 0.6) is 0 Å². The van der Waals surface area contributed by atoms with Crippen LogP contribution in [0.25, 0.3) is 0 Å². The quantitative estimate of drug-likeness (QED) is 0.665. The summed E-state index contributed by atoms with van der Waals surface area (Å²) in [6.45, 7) is 4.92. The Bertz CT molecular complexity index is 261. The third-order valence-corrected chi connectivity index (χ3v) is 2.65. The SMILES string of the molecule is CC=C(C(=O)O)C(CC)(CC)C(=O)O. The molecule has 0 amide bonds. The van der Waals surface area contributed by atoms with Gasteiger partial charge in [-0.2, -0.15) is 0 Å². The molecule has 4 heteroatoms. The number of carboxylic acid groups (broad SMARTS) is 2. The molecule has 0 heterocycles. The van der Waals surface area contributed by atoms with E-state index in [-0.39, 0.29) is 18.4 Å². The molecule has 2 N–H and O–H groups in total. The van der Waals surface area contributed by atoms with Crippen molar-refractivity contribution in [2.24, 2.45) is 5.41 Å². The molecule has 14 heavy (non-hydrogen) atoms. The van der Waals surface area contributed by atoms with Gasteiger partial charge in [-0.15, -0.1) is 0 Å². The van der Waals surface area contributed by atoms with Crippen molar-refractivity contribution in [2.45, 2.75) is 33.6 Å². The lowest BCUT2D eigenvalue weighted by molar-refractivity contribution is -0.150. The van der Waals surface area contributed by atoms with Gasteiger partial charge in [-0.1, -0.05) is 19.9 Å². The predicted octanol–water partition coefficient (Wildman–Crippen LogP) is 1.91. The van der Waals surface area contributed by atoms with Crippen LogP contribution in [0, 0.1) is 5.41 Å². The van der Waals surface area contributed by atoms with Crippen molar-refractivity contribution in [1.29, 1.82) is 0 Å². The van der Waals surface area contributed by atoms with E-state index >= 15 is 0 Å². The molecule has 0 unspecified atom stereocenters. The molecule has 0 fully saturated rings. The van der Waals surface area contributed by atoms with Gasteiger partial charge in [-0.05, 0) is 19.8 Å². The topological polar surface area (TPSA) is 74.6 Å². The summed E-state index contributed by atoms with van der Waals surface area (Å²) in [6, 6.07) is 0. The number of rotatable bonds is 5. The third-order valence-electron chi connectivity index (χ3n) is 2.65. The van der Waals surface area contributed by atoms with Crippen LogP contribution in [0.15, 0.2) is 11.6 Å². The molecule has 0 rings (SSSR count). The Morgan fingerprint density at radius 3 is 1.71 bits per heavy atom. The normalized spacial score (nSPS) is 12.6. The lowest BCUT2D eigenvalue weighted by Crippen LogP contribution is -2.35. The van der Waals surface area contributed by atoms with Crippen molar-refractivity contribution in [3.05, 3.63) is 11.6 Å². The molecule has 0 spiro atoms. The van der Waals surface area contributed by atoms with Gasteiger partial charge in [-0.3, -0.25) is 4.79 Å². The van der Waals surface area contributed by atoms with Gasteiger partial charge in [0.15, 0.2) is 0 Å². The molecular weight excluding hydrogens is 184 g/mol. The Balaban J connectivity index is 5.38. The highest BCUT2D eigenvalue weighted by molar-refractivity contribution is 5.96. The fourth-order valence-corrected chi connectivity index (χ4v) is 1.65. The standard InChI is InChI=1S/C10H16O4/c1-4-7(8(11)12)10(5-2,6-3)9(13)14/h4H,5-6H2,1-3H3,(H,11,12)(H,13,14). The minimum Gasteiger partial charge on any atom is -0.481 e. The lowest BCUT2D eigenvalue weighted by atomic mass is 9.75. The van der Waals surface area contributed by atoms with Gasteiger partial charge in [0.2, 0.25) is 0 Å². The monoisotopic (exact) mass is 200 g/mol. The van der Waals surface area contributed by atoms with Gasteiger partial charge in [0.25, 0.3) is 0 Å². The van der Waals surface area contributed by atoms with E-state index in [4.69, 9.17) is 10.2 Å². The van der Waals surface area contributed by atoms with Crippen molar-refractivity contribution in [3.8, 4) is 0 Å². The molecule has 4 nitrogen and oxygen atoms in total. The second-order valence-electron chi connectivity index (χ2n) is 3.10. The number of allylic oxidation sites excluding steroid dienone is 1. The zero-order chi connectivity index (χ0) is 11.4. The molecule has 0 bridgehead atoms. The number of hydrogen-bond acceptors (Lipinski definition) is 2. The van der Waals surface area contributed by atoms with Crippen LogP contribution in [0.4, 0.5) is 0 Å². The Morgan fingerprint density at radius 2 is 1.64 bits per heavy atom. The largest absolute Gasteiger partial charge is 0.481 e. The van der Waals surface area contributed by atoms with Crippen molar-refractivity contribution in [1.82, 2.24) is 0 Å². The minimum absolute atomic E-state index is 0.0324. The maximum absolute atomic E-state index is 11.1. The van der Waals surface area contributed by atoms with Crippen LogP contribution in [0.3, 0.4) is 0 Å². The molecule has 0 aromatic heterocycles. The fourth-order valence-electron chi connectivity index (χ4n) is 1.65. The number of carboxylic acids is 2. The van der Waals surface area contributed by atoms with Gasteiger partial charge >= 0.3 is 11.9 Å². The van der Waals surface area contributed by atoms with E-state index in [1.165, 1.54) is 6.08 Å². The Hall–Kier alpha value is -1.32. The van der Waals surface area contributed by atoms with Crippen LogP contribution >= 0.6 is 0 Å². The number of carbonyl (C=O) groups is 2. The second kappa shape index (κ2) is 4.79. The van der Waals surface area contributed by atoms with Crippen LogP contribution in [0.2, 0.25) is 0 Å². The summed E-state index contributed by atoms with van der Waals surface area (Å²) in [7, 11) is 0. The summed E-state index contributed by atoms with van der Waals surface area (Å²) in [5, 5.41) is 18.0. The molecule has 0 aliphatic heterocycles. The van der Waals surface area contributed by atoms with E-state index in [1.807, 2.05) is 0 Å². The van der Waals surface area contributed by atoms with Crippen LogP contribution < -0.4 is 0 Å².